The fourth-order valence-electron chi connectivity index (χ4n) is 1.72. The average Bonchev–Trinajstić information content (AvgIpc) is 2.23. The highest BCUT2D eigenvalue weighted by Gasteiger charge is 2.15. The largest absolute Gasteiger partial charge is 0.330 e. The standard InChI is InChI=1S/C13H20ClFN2/c1-13(2,6-7-16)17-8-5-10-9-11(14)3-4-12(10)15/h3-4,9,17H,5-8,16H2,1-2H3. The maximum absolute atomic E-state index is 13.4. The smallest absolute Gasteiger partial charge is 0.126 e. The molecule has 2 nitrogen and oxygen atoms in total. The van der Waals surface area contributed by atoms with Crippen LogP contribution >= 0.6 is 11.6 Å². The van der Waals surface area contributed by atoms with Crippen molar-refractivity contribution >= 4 is 11.6 Å². The summed E-state index contributed by atoms with van der Waals surface area (Å²) >= 11 is 5.83. The number of hydrogen-bond donors (Lipinski definition) is 2. The summed E-state index contributed by atoms with van der Waals surface area (Å²) in [6, 6.07) is 4.64. The first-order valence-electron chi connectivity index (χ1n) is 5.83. The second-order valence-electron chi connectivity index (χ2n) is 4.84. The third-order valence-electron chi connectivity index (χ3n) is 2.77. The zero-order valence-electron chi connectivity index (χ0n) is 10.4. The zero-order valence-corrected chi connectivity index (χ0v) is 11.1. The monoisotopic (exact) mass is 258 g/mol. The van der Waals surface area contributed by atoms with E-state index < -0.39 is 0 Å². The molecule has 0 aliphatic carbocycles. The van der Waals surface area contributed by atoms with Gasteiger partial charge in [0.25, 0.3) is 0 Å². The van der Waals surface area contributed by atoms with Crippen molar-refractivity contribution in [1.29, 1.82) is 0 Å². The van der Waals surface area contributed by atoms with Gasteiger partial charge in [-0.15, -0.1) is 0 Å². The van der Waals surface area contributed by atoms with Crippen LogP contribution in [0.4, 0.5) is 4.39 Å². The van der Waals surface area contributed by atoms with E-state index in [9.17, 15) is 4.39 Å². The van der Waals surface area contributed by atoms with E-state index in [1.165, 1.54) is 6.07 Å². The topological polar surface area (TPSA) is 38.0 Å². The van der Waals surface area contributed by atoms with Gasteiger partial charge in [-0.1, -0.05) is 11.6 Å². The fourth-order valence-corrected chi connectivity index (χ4v) is 1.91. The Bertz CT molecular complexity index is 366. The molecule has 1 rings (SSSR count). The van der Waals surface area contributed by atoms with Gasteiger partial charge in [0, 0.05) is 10.6 Å². The Labute approximate surface area is 107 Å². The van der Waals surface area contributed by atoms with E-state index in [1.54, 1.807) is 12.1 Å². The minimum absolute atomic E-state index is 0.0101. The van der Waals surface area contributed by atoms with Crippen LogP contribution in [-0.4, -0.2) is 18.6 Å². The summed E-state index contributed by atoms with van der Waals surface area (Å²) in [4.78, 5) is 0. The van der Waals surface area contributed by atoms with Crippen LogP contribution in [0.3, 0.4) is 0 Å². The number of benzene rings is 1. The zero-order chi connectivity index (χ0) is 12.9. The Morgan fingerprint density at radius 1 is 1.41 bits per heavy atom. The van der Waals surface area contributed by atoms with Crippen LogP contribution in [0.1, 0.15) is 25.8 Å². The van der Waals surface area contributed by atoms with Gasteiger partial charge in [-0.05, 0) is 63.5 Å². The van der Waals surface area contributed by atoms with Crippen molar-refractivity contribution in [3.63, 3.8) is 0 Å². The lowest BCUT2D eigenvalue weighted by molar-refractivity contribution is 0.369. The SMILES string of the molecule is CC(C)(CCN)NCCc1cc(Cl)ccc1F. The van der Waals surface area contributed by atoms with Crippen LogP contribution in [0.15, 0.2) is 18.2 Å². The quantitative estimate of drug-likeness (QED) is 0.824. The first-order valence-corrected chi connectivity index (χ1v) is 6.21. The molecule has 3 N–H and O–H groups in total. The molecule has 4 heteroatoms. The van der Waals surface area contributed by atoms with Gasteiger partial charge in [-0.2, -0.15) is 0 Å². The lowest BCUT2D eigenvalue weighted by Crippen LogP contribution is -2.42. The molecular weight excluding hydrogens is 239 g/mol. The molecule has 17 heavy (non-hydrogen) atoms. The van der Waals surface area contributed by atoms with E-state index in [-0.39, 0.29) is 11.4 Å². The number of nitrogens with one attached hydrogen (secondary N) is 1. The minimum Gasteiger partial charge on any atom is -0.330 e. The van der Waals surface area contributed by atoms with E-state index in [0.29, 0.717) is 30.1 Å². The van der Waals surface area contributed by atoms with Gasteiger partial charge >= 0.3 is 0 Å². The van der Waals surface area contributed by atoms with Gasteiger partial charge in [0.05, 0.1) is 0 Å². The Kier molecular flexibility index (Phi) is 5.37. The van der Waals surface area contributed by atoms with Crippen LogP contribution in [0.25, 0.3) is 0 Å². The number of nitrogens with two attached hydrogens (primary N) is 1. The maximum Gasteiger partial charge on any atom is 0.126 e. The molecule has 0 spiro atoms. The van der Waals surface area contributed by atoms with Crippen molar-refractivity contribution in [3.05, 3.63) is 34.6 Å². The Morgan fingerprint density at radius 2 is 2.12 bits per heavy atom. The normalized spacial score (nSPS) is 11.8. The average molecular weight is 259 g/mol. The van der Waals surface area contributed by atoms with Crippen molar-refractivity contribution < 1.29 is 4.39 Å². The molecule has 0 saturated heterocycles. The molecule has 1 aromatic carbocycles. The molecule has 1 aromatic rings. The molecule has 0 fully saturated rings. The van der Waals surface area contributed by atoms with Gasteiger partial charge < -0.3 is 11.1 Å². The summed E-state index contributed by atoms with van der Waals surface area (Å²) in [7, 11) is 0. The van der Waals surface area contributed by atoms with Gasteiger partial charge in [0.15, 0.2) is 0 Å². The van der Waals surface area contributed by atoms with Crippen molar-refractivity contribution in [2.24, 2.45) is 5.73 Å². The van der Waals surface area contributed by atoms with Crippen LogP contribution in [-0.2, 0) is 6.42 Å². The van der Waals surface area contributed by atoms with E-state index in [0.717, 1.165) is 6.42 Å². The van der Waals surface area contributed by atoms with E-state index in [2.05, 4.69) is 19.2 Å². The maximum atomic E-state index is 13.4. The predicted molar refractivity (Wildman–Crippen MR) is 70.9 cm³/mol. The van der Waals surface area contributed by atoms with Crippen LogP contribution < -0.4 is 11.1 Å². The van der Waals surface area contributed by atoms with Crippen LogP contribution in [0, 0.1) is 5.82 Å². The van der Waals surface area contributed by atoms with Gasteiger partial charge in [0.1, 0.15) is 5.82 Å². The summed E-state index contributed by atoms with van der Waals surface area (Å²) < 4.78 is 13.4. The molecule has 0 atom stereocenters. The second kappa shape index (κ2) is 6.34. The molecule has 0 bridgehead atoms. The van der Waals surface area contributed by atoms with Crippen molar-refractivity contribution in [2.75, 3.05) is 13.1 Å². The summed E-state index contributed by atoms with van der Waals surface area (Å²) in [5, 5.41) is 3.94. The number of hydrogen-bond acceptors (Lipinski definition) is 2. The third-order valence-corrected chi connectivity index (χ3v) is 3.01. The summed E-state index contributed by atoms with van der Waals surface area (Å²) in [6.45, 7) is 5.54. The molecule has 0 heterocycles. The molecule has 0 aliphatic heterocycles. The highest BCUT2D eigenvalue weighted by Crippen LogP contribution is 2.15. The van der Waals surface area contributed by atoms with Gasteiger partial charge in [-0.3, -0.25) is 0 Å². The lowest BCUT2D eigenvalue weighted by atomic mass is 10.0. The molecule has 96 valence electrons. The summed E-state index contributed by atoms with van der Waals surface area (Å²) in [5.41, 5.74) is 6.16. The minimum atomic E-state index is -0.201. The van der Waals surface area contributed by atoms with E-state index >= 15 is 0 Å². The van der Waals surface area contributed by atoms with Crippen molar-refractivity contribution in [3.8, 4) is 0 Å². The lowest BCUT2D eigenvalue weighted by Gasteiger charge is -2.25. The molecule has 0 aliphatic rings. The predicted octanol–water partition coefficient (Wildman–Crippen LogP) is 2.74. The molecule has 0 unspecified atom stereocenters. The number of rotatable bonds is 6. The molecule has 0 saturated carbocycles. The Balaban J connectivity index is 2.48. The summed E-state index contributed by atoms with van der Waals surface area (Å²) in [5.74, 6) is -0.201. The highest BCUT2D eigenvalue weighted by atomic mass is 35.5. The number of halogens is 2. The Hall–Kier alpha value is -0.640. The van der Waals surface area contributed by atoms with E-state index in [1.807, 2.05) is 0 Å². The van der Waals surface area contributed by atoms with Crippen LogP contribution in [0.5, 0.6) is 0 Å². The fraction of sp³-hybridized carbons (Fsp3) is 0.538. The summed E-state index contributed by atoms with van der Waals surface area (Å²) in [6.07, 6.45) is 1.52. The van der Waals surface area contributed by atoms with Crippen molar-refractivity contribution in [2.45, 2.75) is 32.2 Å². The molecular formula is C13H20ClFN2. The first-order chi connectivity index (χ1) is 7.94. The van der Waals surface area contributed by atoms with Gasteiger partial charge in [0.2, 0.25) is 0 Å². The third kappa shape index (κ3) is 5.02. The molecule has 0 aromatic heterocycles. The Morgan fingerprint density at radius 3 is 2.76 bits per heavy atom. The molecule has 0 radical (unpaired) electrons. The molecule has 0 amide bonds. The van der Waals surface area contributed by atoms with Gasteiger partial charge in [-0.25, -0.2) is 4.39 Å². The second-order valence-corrected chi connectivity index (χ2v) is 5.27. The van der Waals surface area contributed by atoms with E-state index in [4.69, 9.17) is 17.3 Å². The highest BCUT2D eigenvalue weighted by molar-refractivity contribution is 6.30. The first kappa shape index (κ1) is 14.4. The van der Waals surface area contributed by atoms with Crippen molar-refractivity contribution in [1.82, 2.24) is 5.32 Å². The van der Waals surface area contributed by atoms with Crippen LogP contribution in [0.2, 0.25) is 5.02 Å².